The zero-order valence-electron chi connectivity index (χ0n) is 15.1. The molecule has 0 saturated carbocycles. The van der Waals surface area contributed by atoms with Gasteiger partial charge in [-0.25, -0.2) is 0 Å². The van der Waals surface area contributed by atoms with Crippen LogP contribution in [0, 0.1) is 0 Å². The van der Waals surface area contributed by atoms with E-state index in [1.165, 1.54) is 12.1 Å². The van der Waals surface area contributed by atoms with Crippen molar-refractivity contribution < 1.29 is 22.7 Å². The molecule has 0 saturated heterocycles. The number of anilines is 1. The number of ether oxygens (including phenoxy) is 1. The minimum atomic E-state index is -4.41. The molecule has 0 radical (unpaired) electrons. The van der Waals surface area contributed by atoms with E-state index in [1.54, 1.807) is 24.3 Å². The summed E-state index contributed by atoms with van der Waals surface area (Å²) in [6, 6.07) is 20.1. The Kier molecular flexibility index (Phi) is 6.23. The Labute approximate surface area is 164 Å². The van der Waals surface area contributed by atoms with Gasteiger partial charge >= 0.3 is 6.18 Å². The fraction of sp³-hybridized carbons (Fsp3) is 0.0952. The SMILES string of the molecule is O=C(COc1ccc(C(F)(F)F)cc1)Nc1ccc(N=Nc2ccccc2)cc1. The molecular formula is C21H16F3N3O2. The fourth-order valence-electron chi connectivity index (χ4n) is 2.31. The van der Waals surface area contributed by atoms with Crippen LogP contribution < -0.4 is 10.1 Å². The normalized spacial score (nSPS) is 11.4. The Morgan fingerprint density at radius 3 is 2.00 bits per heavy atom. The predicted octanol–water partition coefficient (Wildman–Crippen LogP) is 6.14. The highest BCUT2D eigenvalue weighted by Crippen LogP contribution is 2.30. The maximum atomic E-state index is 12.5. The number of azo groups is 1. The Hall–Kier alpha value is -3.68. The van der Waals surface area contributed by atoms with Crippen LogP contribution in [0.15, 0.2) is 89.1 Å². The van der Waals surface area contributed by atoms with E-state index in [0.29, 0.717) is 11.4 Å². The Morgan fingerprint density at radius 2 is 1.41 bits per heavy atom. The minimum absolute atomic E-state index is 0.171. The van der Waals surface area contributed by atoms with Crippen LogP contribution in [0.1, 0.15) is 5.56 Å². The molecule has 0 atom stereocenters. The lowest BCUT2D eigenvalue weighted by Crippen LogP contribution is -2.20. The molecule has 0 heterocycles. The zero-order chi connectivity index (χ0) is 20.7. The Bertz CT molecular complexity index is 971. The lowest BCUT2D eigenvalue weighted by atomic mass is 10.2. The molecule has 0 aliphatic heterocycles. The number of nitrogens with zero attached hydrogens (tertiary/aromatic N) is 2. The molecular weight excluding hydrogens is 383 g/mol. The maximum Gasteiger partial charge on any atom is 0.416 e. The highest BCUT2D eigenvalue weighted by Gasteiger charge is 2.30. The van der Waals surface area contributed by atoms with Crippen molar-refractivity contribution in [2.45, 2.75) is 6.18 Å². The fourth-order valence-corrected chi connectivity index (χ4v) is 2.31. The highest BCUT2D eigenvalue weighted by atomic mass is 19.4. The van der Waals surface area contributed by atoms with Gasteiger partial charge in [0.15, 0.2) is 6.61 Å². The first kappa shape index (κ1) is 20.1. The van der Waals surface area contributed by atoms with Crippen molar-refractivity contribution in [2.75, 3.05) is 11.9 Å². The van der Waals surface area contributed by atoms with E-state index in [1.807, 2.05) is 30.3 Å². The van der Waals surface area contributed by atoms with Gasteiger partial charge in [0.2, 0.25) is 0 Å². The lowest BCUT2D eigenvalue weighted by molar-refractivity contribution is -0.137. The summed E-state index contributed by atoms with van der Waals surface area (Å²) >= 11 is 0. The number of amides is 1. The summed E-state index contributed by atoms with van der Waals surface area (Å²) in [5.41, 5.74) is 1.10. The molecule has 0 aliphatic rings. The molecule has 0 aliphatic carbocycles. The zero-order valence-corrected chi connectivity index (χ0v) is 15.1. The number of hydrogen-bond donors (Lipinski definition) is 1. The van der Waals surface area contributed by atoms with Crippen molar-refractivity contribution in [1.82, 2.24) is 0 Å². The minimum Gasteiger partial charge on any atom is -0.484 e. The average molecular weight is 399 g/mol. The number of alkyl halides is 3. The van der Waals surface area contributed by atoms with Gasteiger partial charge in [-0.05, 0) is 60.7 Å². The second kappa shape index (κ2) is 9.01. The Morgan fingerprint density at radius 1 is 0.828 bits per heavy atom. The summed E-state index contributed by atoms with van der Waals surface area (Å²) in [4.78, 5) is 11.9. The molecule has 0 aromatic heterocycles. The summed E-state index contributed by atoms with van der Waals surface area (Å²) in [6.45, 7) is -0.333. The van der Waals surface area contributed by atoms with Crippen LogP contribution in [-0.2, 0) is 11.0 Å². The molecule has 1 amide bonds. The van der Waals surface area contributed by atoms with Crippen molar-refractivity contribution in [2.24, 2.45) is 10.2 Å². The lowest BCUT2D eigenvalue weighted by Gasteiger charge is -2.09. The van der Waals surface area contributed by atoms with Crippen LogP contribution in [0.4, 0.5) is 30.2 Å². The second-order valence-electron chi connectivity index (χ2n) is 5.94. The quantitative estimate of drug-likeness (QED) is 0.506. The van der Waals surface area contributed by atoms with Gasteiger partial charge in [-0.2, -0.15) is 23.4 Å². The largest absolute Gasteiger partial charge is 0.484 e. The third kappa shape index (κ3) is 6.17. The monoisotopic (exact) mass is 399 g/mol. The standard InChI is InChI=1S/C21H16F3N3O2/c22-21(23,24)15-6-12-19(13-7-15)29-14-20(28)25-16-8-10-18(11-9-16)27-26-17-4-2-1-3-5-17/h1-13H,14H2,(H,25,28). The van der Waals surface area contributed by atoms with Crippen LogP contribution in [0.5, 0.6) is 5.75 Å². The molecule has 0 bridgehead atoms. The smallest absolute Gasteiger partial charge is 0.416 e. The van der Waals surface area contributed by atoms with E-state index < -0.39 is 17.6 Å². The van der Waals surface area contributed by atoms with E-state index in [2.05, 4.69) is 15.5 Å². The van der Waals surface area contributed by atoms with Crippen molar-refractivity contribution in [3.63, 3.8) is 0 Å². The Balaban J connectivity index is 1.50. The number of rotatable bonds is 6. The molecule has 3 rings (SSSR count). The van der Waals surface area contributed by atoms with Crippen molar-refractivity contribution in [3.05, 3.63) is 84.4 Å². The molecule has 0 fully saturated rings. The molecule has 0 unspecified atom stereocenters. The number of benzene rings is 3. The third-order valence-corrected chi connectivity index (χ3v) is 3.74. The van der Waals surface area contributed by atoms with E-state index in [-0.39, 0.29) is 12.4 Å². The predicted molar refractivity (Wildman–Crippen MR) is 103 cm³/mol. The molecule has 8 heteroatoms. The van der Waals surface area contributed by atoms with Crippen LogP contribution in [0.25, 0.3) is 0 Å². The number of hydrogen-bond acceptors (Lipinski definition) is 4. The topological polar surface area (TPSA) is 63.0 Å². The van der Waals surface area contributed by atoms with Crippen molar-refractivity contribution in [1.29, 1.82) is 0 Å². The summed E-state index contributed by atoms with van der Waals surface area (Å²) < 4.78 is 42.8. The summed E-state index contributed by atoms with van der Waals surface area (Å²) in [7, 11) is 0. The summed E-state index contributed by atoms with van der Waals surface area (Å²) in [5, 5.41) is 10.8. The molecule has 29 heavy (non-hydrogen) atoms. The first-order chi connectivity index (χ1) is 13.9. The number of carbonyl (C=O) groups excluding carboxylic acids is 1. The van der Waals surface area contributed by atoms with E-state index >= 15 is 0 Å². The first-order valence-electron chi connectivity index (χ1n) is 8.57. The van der Waals surface area contributed by atoms with Crippen LogP contribution >= 0.6 is 0 Å². The second-order valence-corrected chi connectivity index (χ2v) is 5.94. The van der Waals surface area contributed by atoms with Gasteiger partial charge < -0.3 is 10.1 Å². The van der Waals surface area contributed by atoms with E-state index in [9.17, 15) is 18.0 Å². The highest BCUT2D eigenvalue weighted by molar-refractivity contribution is 5.92. The van der Waals surface area contributed by atoms with E-state index in [4.69, 9.17) is 4.74 Å². The van der Waals surface area contributed by atoms with Gasteiger partial charge in [-0.3, -0.25) is 4.79 Å². The molecule has 3 aromatic rings. The third-order valence-electron chi connectivity index (χ3n) is 3.74. The molecule has 148 valence electrons. The molecule has 5 nitrogen and oxygen atoms in total. The van der Waals surface area contributed by atoms with Crippen LogP contribution in [0.2, 0.25) is 0 Å². The van der Waals surface area contributed by atoms with Gasteiger partial charge in [0.05, 0.1) is 16.9 Å². The van der Waals surface area contributed by atoms with Gasteiger partial charge in [-0.15, -0.1) is 0 Å². The van der Waals surface area contributed by atoms with Crippen molar-refractivity contribution in [3.8, 4) is 5.75 Å². The van der Waals surface area contributed by atoms with Gasteiger partial charge in [-0.1, -0.05) is 18.2 Å². The maximum absolute atomic E-state index is 12.5. The molecule has 0 spiro atoms. The van der Waals surface area contributed by atoms with Gasteiger partial charge in [0, 0.05) is 5.69 Å². The van der Waals surface area contributed by atoms with E-state index in [0.717, 1.165) is 17.8 Å². The first-order valence-corrected chi connectivity index (χ1v) is 8.57. The summed E-state index contributed by atoms with van der Waals surface area (Å²) in [5.74, 6) is -0.270. The number of halogens is 3. The molecule has 1 N–H and O–H groups in total. The van der Waals surface area contributed by atoms with Crippen molar-refractivity contribution >= 4 is 23.0 Å². The van der Waals surface area contributed by atoms with Crippen LogP contribution in [0.3, 0.4) is 0 Å². The number of carbonyl (C=O) groups is 1. The van der Waals surface area contributed by atoms with Gasteiger partial charge in [0.1, 0.15) is 5.75 Å². The average Bonchev–Trinajstić information content (AvgIpc) is 2.72. The summed E-state index contributed by atoms with van der Waals surface area (Å²) in [6.07, 6.45) is -4.41. The molecule has 3 aromatic carbocycles. The van der Waals surface area contributed by atoms with Gasteiger partial charge in [0.25, 0.3) is 5.91 Å². The number of nitrogens with one attached hydrogen (secondary N) is 1. The van der Waals surface area contributed by atoms with Crippen LogP contribution in [-0.4, -0.2) is 12.5 Å².